The number of nitriles is 1. The molecule has 29 heavy (non-hydrogen) atoms. The predicted octanol–water partition coefficient (Wildman–Crippen LogP) is 5.52. The number of amides is 1. The maximum absolute atomic E-state index is 12.7. The quantitative estimate of drug-likeness (QED) is 0.505. The molecule has 0 aliphatic heterocycles. The van der Waals surface area contributed by atoms with Gasteiger partial charge in [-0.15, -0.1) is 0 Å². The molecule has 0 heterocycles. The van der Waals surface area contributed by atoms with Gasteiger partial charge in [-0.2, -0.15) is 5.26 Å². The minimum atomic E-state index is -0.323. The van der Waals surface area contributed by atoms with E-state index >= 15 is 0 Å². The van der Waals surface area contributed by atoms with Crippen LogP contribution >= 0.6 is 11.6 Å². The molecule has 0 unspecified atom stereocenters. The number of halogens is 1. The molecule has 1 N–H and O–H groups in total. The summed E-state index contributed by atoms with van der Waals surface area (Å²) in [6.07, 6.45) is 5.98. The average molecular weight is 409 g/mol. The van der Waals surface area contributed by atoms with Crippen LogP contribution in [0.3, 0.4) is 0 Å². The first-order chi connectivity index (χ1) is 14.1. The summed E-state index contributed by atoms with van der Waals surface area (Å²) in [4.78, 5) is 12.7. The second-order valence-corrected chi connectivity index (χ2v) is 7.90. The molecule has 2 aromatic carbocycles. The van der Waals surface area contributed by atoms with Gasteiger partial charge in [-0.05, 0) is 48.6 Å². The normalized spacial score (nSPS) is 19.3. The van der Waals surface area contributed by atoms with E-state index in [-0.39, 0.29) is 17.5 Å². The second kappa shape index (κ2) is 10.1. The van der Waals surface area contributed by atoms with Crippen LogP contribution in [0.5, 0.6) is 5.75 Å². The van der Waals surface area contributed by atoms with Crippen molar-refractivity contribution in [1.82, 2.24) is 5.32 Å². The number of nitrogens with one attached hydrogen (secondary N) is 1. The summed E-state index contributed by atoms with van der Waals surface area (Å²) in [6.45, 7) is 2.50. The molecule has 5 heteroatoms. The van der Waals surface area contributed by atoms with Gasteiger partial charge in [0.2, 0.25) is 0 Å². The van der Waals surface area contributed by atoms with Crippen LogP contribution in [0.15, 0.2) is 54.1 Å². The van der Waals surface area contributed by atoms with E-state index in [4.69, 9.17) is 16.3 Å². The van der Waals surface area contributed by atoms with E-state index in [1.165, 1.54) is 6.42 Å². The van der Waals surface area contributed by atoms with Crippen LogP contribution < -0.4 is 10.1 Å². The lowest BCUT2D eigenvalue weighted by Gasteiger charge is -2.29. The van der Waals surface area contributed by atoms with E-state index in [0.717, 1.165) is 24.8 Å². The second-order valence-electron chi connectivity index (χ2n) is 7.47. The fourth-order valence-corrected chi connectivity index (χ4v) is 3.81. The number of hydrogen-bond donors (Lipinski definition) is 1. The third kappa shape index (κ3) is 5.85. The van der Waals surface area contributed by atoms with Crippen LogP contribution in [0.1, 0.15) is 43.7 Å². The summed E-state index contributed by atoms with van der Waals surface area (Å²) in [5.41, 5.74) is 1.72. The fourth-order valence-electron chi connectivity index (χ4n) is 3.60. The van der Waals surface area contributed by atoms with Crippen molar-refractivity contribution in [3.8, 4) is 11.8 Å². The molecule has 0 radical (unpaired) electrons. The standard InChI is InChI=1S/C24H25ClN2O2/c1-17-7-2-4-11-22(17)27-24(28)20(15-26)14-19-9-3-5-12-23(19)29-16-18-8-6-10-21(25)13-18/h3,5-6,8-10,12-14,17,22H,2,4,7,11,16H2,1H3,(H,27,28)/b20-14+/t17-,22-/m1/s1. The lowest BCUT2D eigenvalue weighted by molar-refractivity contribution is -0.118. The van der Waals surface area contributed by atoms with E-state index in [2.05, 4.69) is 12.2 Å². The highest BCUT2D eigenvalue weighted by atomic mass is 35.5. The van der Waals surface area contributed by atoms with Gasteiger partial charge in [-0.3, -0.25) is 4.79 Å². The fraction of sp³-hybridized carbons (Fsp3) is 0.333. The van der Waals surface area contributed by atoms with Crippen LogP contribution in [-0.4, -0.2) is 11.9 Å². The minimum absolute atomic E-state index is 0.0848. The van der Waals surface area contributed by atoms with E-state index in [1.807, 2.05) is 54.6 Å². The van der Waals surface area contributed by atoms with Gasteiger partial charge in [0.25, 0.3) is 5.91 Å². The van der Waals surface area contributed by atoms with Gasteiger partial charge in [-0.1, -0.05) is 61.7 Å². The molecule has 2 atom stereocenters. The molecular formula is C24H25ClN2O2. The highest BCUT2D eigenvalue weighted by Gasteiger charge is 2.24. The number of carbonyl (C=O) groups is 1. The Labute approximate surface area is 177 Å². The molecule has 2 aromatic rings. The van der Waals surface area contributed by atoms with Gasteiger partial charge in [0, 0.05) is 16.6 Å². The molecule has 0 aromatic heterocycles. The summed E-state index contributed by atoms with van der Waals surface area (Å²) in [7, 11) is 0. The van der Waals surface area contributed by atoms with Crippen LogP contribution in [0.25, 0.3) is 6.08 Å². The maximum Gasteiger partial charge on any atom is 0.262 e. The zero-order valence-electron chi connectivity index (χ0n) is 16.5. The molecule has 1 amide bonds. The van der Waals surface area contributed by atoms with E-state index < -0.39 is 0 Å². The van der Waals surface area contributed by atoms with Crippen LogP contribution in [-0.2, 0) is 11.4 Å². The third-order valence-electron chi connectivity index (χ3n) is 5.30. The lowest BCUT2D eigenvalue weighted by Crippen LogP contribution is -2.41. The lowest BCUT2D eigenvalue weighted by atomic mass is 9.86. The third-order valence-corrected chi connectivity index (χ3v) is 5.53. The average Bonchev–Trinajstić information content (AvgIpc) is 2.73. The van der Waals surface area contributed by atoms with Gasteiger partial charge in [0.05, 0.1) is 0 Å². The molecule has 1 saturated carbocycles. The Hall–Kier alpha value is -2.77. The van der Waals surface area contributed by atoms with Crippen LogP contribution in [0.2, 0.25) is 5.02 Å². The van der Waals surface area contributed by atoms with E-state index in [0.29, 0.717) is 28.9 Å². The van der Waals surface area contributed by atoms with Crippen molar-refractivity contribution in [3.05, 3.63) is 70.3 Å². The topological polar surface area (TPSA) is 62.1 Å². The Bertz CT molecular complexity index is 932. The van der Waals surface area contributed by atoms with Crippen molar-refractivity contribution in [1.29, 1.82) is 5.26 Å². The highest BCUT2D eigenvalue weighted by Crippen LogP contribution is 2.25. The maximum atomic E-state index is 12.7. The molecule has 150 valence electrons. The number of nitrogens with zero attached hydrogens (tertiary/aromatic N) is 1. The first-order valence-electron chi connectivity index (χ1n) is 9.95. The Balaban J connectivity index is 1.73. The molecule has 0 spiro atoms. The Kier molecular flexibility index (Phi) is 7.32. The Morgan fingerprint density at radius 1 is 1.24 bits per heavy atom. The number of hydrogen-bond acceptors (Lipinski definition) is 3. The van der Waals surface area contributed by atoms with Crippen molar-refractivity contribution in [2.75, 3.05) is 0 Å². The first kappa shape index (κ1) is 21.0. The number of benzene rings is 2. The number of rotatable bonds is 6. The smallest absolute Gasteiger partial charge is 0.262 e. The number of ether oxygens (including phenoxy) is 1. The van der Waals surface area contributed by atoms with Crippen molar-refractivity contribution >= 4 is 23.6 Å². The number of para-hydroxylation sites is 1. The van der Waals surface area contributed by atoms with E-state index in [9.17, 15) is 10.1 Å². The summed E-state index contributed by atoms with van der Waals surface area (Å²) < 4.78 is 5.93. The van der Waals surface area contributed by atoms with Crippen molar-refractivity contribution in [2.45, 2.75) is 45.3 Å². The van der Waals surface area contributed by atoms with Crippen LogP contribution in [0, 0.1) is 17.2 Å². The summed E-state index contributed by atoms with van der Waals surface area (Å²) in [6, 6.07) is 17.0. The van der Waals surface area contributed by atoms with Gasteiger partial charge in [0.1, 0.15) is 24.0 Å². The largest absolute Gasteiger partial charge is 0.488 e. The molecule has 3 rings (SSSR count). The van der Waals surface area contributed by atoms with Crippen molar-refractivity contribution in [2.24, 2.45) is 5.92 Å². The zero-order chi connectivity index (χ0) is 20.6. The van der Waals surface area contributed by atoms with Gasteiger partial charge < -0.3 is 10.1 Å². The highest BCUT2D eigenvalue weighted by molar-refractivity contribution is 6.30. The summed E-state index contributed by atoms with van der Waals surface area (Å²) in [5, 5.41) is 13.2. The zero-order valence-corrected chi connectivity index (χ0v) is 17.3. The summed E-state index contributed by atoms with van der Waals surface area (Å²) >= 11 is 6.03. The van der Waals surface area contributed by atoms with Gasteiger partial charge in [-0.25, -0.2) is 0 Å². The number of carbonyl (C=O) groups excluding carboxylic acids is 1. The van der Waals surface area contributed by atoms with Crippen molar-refractivity contribution in [3.63, 3.8) is 0 Å². The first-order valence-corrected chi connectivity index (χ1v) is 10.3. The SMILES string of the molecule is C[C@@H]1CCCC[C@H]1NC(=O)/C(C#N)=C/c1ccccc1OCc1cccc(Cl)c1. The Morgan fingerprint density at radius 2 is 2.03 bits per heavy atom. The molecule has 1 aliphatic carbocycles. The molecular weight excluding hydrogens is 384 g/mol. The van der Waals surface area contributed by atoms with Crippen LogP contribution in [0.4, 0.5) is 0 Å². The molecule has 0 saturated heterocycles. The van der Waals surface area contributed by atoms with Crippen molar-refractivity contribution < 1.29 is 9.53 Å². The Morgan fingerprint density at radius 3 is 2.79 bits per heavy atom. The van der Waals surface area contributed by atoms with Gasteiger partial charge in [0.15, 0.2) is 0 Å². The molecule has 0 bridgehead atoms. The molecule has 4 nitrogen and oxygen atoms in total. The van der Waals surface area contributed by atoms with Gasteiger partial charge >= 0.3 is 0 Å². The van der Waals surface area contributed by atoms with E-state index in [1.54, 1.807) is 6.08 Å². The minimum Gasteiger partial charge on any atom is -0.488 e. The molecule has 1 fully saturated rings. The summed E-state index contributed by atoms with van der Waals surface area (Å²) in [5.74, 6) is 0.718. The monoisotopic (exact) mass is 408 g/mol. The molecule has 1 aliphatic rings. The predicted molar refractivity (Wildman–Crippen MR) is 115 cm³/mol.